The topological polar surface area (TPSA) is 71.2 Å². The minimum absolute atomic E-state index is 0.141. The molecule has 1 heterocycles. The molecule has 5 nitrogen and oxygen atoms in total. The van der Waals surface area contributed by atoms with Gasteiger partial charge in [0.05, 0.1) is 17.7 Å². The number of anilines is 1. The number of nitrogens with one attached hydrogen (secondary N) is 2. The van der Waals surface area contributed by atoms with Crippen molar-refractivity contribution in [2.45, 2.75) is 18.7 Å². The molecule has 1 atom stereocenters. The van der Waals surface area contributed by atoms with Crippen molar-refractivity contribution in [2.75, 3.05) is 12.4 Å². The van der Waals surface area contributed by atoms with E-state index in [0.29, 0.717) is 10.6 Å². The highest BCUT2D eigenvalue weighted by molar-refractivity contribution is 7.80. The Morgan fingerprint density at radius 3 is 2.78 bits per heavy atom. The van der Waals surface area contributed by atoms with E-state index < -0.39 is 11.1 Å². The quantitative estimate of drug-likeness (QED) is 0.893. The van der Waals surface area contributed by atoms with Gasteiger partial charge >= 0.3 is 0 Å². The van der Waals surface area contributed by atoms with Crippen LogP contribution in [0.15, 0.2) is 23.1 Å². The highest BCUT2D eigenvalue weighted by Crippen LogP contribution is 2.29. The third kappa shape index (κ3) is 2.30. The van der Waals surface area contributed by atoms with Gasteiger partial charge in [-0.3, -0.25) is 8.98 Å². The molecule has 2 rings (SSSR count). The number of aromatic amines is 1. The lowest BCUT2D eigenvalue weighted by molar-refractivity contribution is -0.114. The summed E-state index contributed by atoms with van der Waals surface area (Å²) in [5, 5.41) is 3.59. The number of hydrogen-bond acceptors (Lipinski definition) is 3. The highest BCUT2D eigenvalue weighted by atomic mass is 32.2. The molecule has 0 fully saturated rings. The molecule has 0 radical (unpaired) electrons. The van der Waals surface area contributed by atoms with E-state index in [1.807, 2.05) is 13.0 Å². The normalized spacial score (nSPS) is 12.6. The number of carbonyl (C=O) groups excluding carboxylic acids is 1. The molecule has 1 unspecified atom stereocenters. The SMILES string of the molecule is COS(=O)c1ccc2[nH]c(C)c(NC(C)=O)c2c1. The zero-order chi connectivity index (χ0) is 13.3. The molecule has 1 aromatic heterocycles. The van der Waals surface area contributed by atoms with Crippen LogP contribution in [0.5, 0.6) is 0 Å². The first-order valence-corrected chi connectivity index (χ1v) is 6.46. The van der Waals surface area contributed by atoms with E-state index in [1.165, 1.54) is 14.0 Å². The molecule has 0 aliphatic heterocycles. The van der Waals surface area contributed by atoms with E-state index in [4.69, 9.17) is 4.18 Å². The molecule has 0 aliphatic carbocycles. The Hall–Kier alpha value is -1.66. The third-order valence-corrected chi connectivity index (χ3v) is 3.54. The van der Waals surface area contributed by atoms with E-state index in [9.17, 15) is 9.00 Å². The second-order valence-corrected chi connectivity index (χ2v) is 5.19. The van der Waals surface area contributed by atoms with Crippen LogP contribution in [0.25, 0.3) is 10.9 Å². The predicted molar refractivity (Wildman–Crippen MR) is 70.8 cm³/mol. The van der Waals surface area contributed by atoms with Crippen LogP contribution in [0.2, 0.25) is 0 Å². The largest absolute Gasteiger partial charge is 0.357 e. The van der Waals surface area contributed by atoms with Gasteiger partial charge in [0, 0.05) is 23.5 Å². The van der Waals surface area contributed by atoms with Gasteiger partial charge < -0.3 is 10.3 Å². The van der Waals surface area contributed by atoms with Gasteiger partial charge in [0.15, 0.2) is 11.1 Å². The summed E-state index contributed by atoms with van der Waals surface area (Å²) in [4.78, 5) is 14.9. The number of benzene rings is 1. The third-order valence-electron chi connectivity index (χ3n) is 2.60. The van der Waals surface area contributed by atoms with Crippen LogP contribution in [0.4, 0.5) is 5.69 Å². The molecule has 6 heteroatoms. The molecule has 0 bridgehead atoms. The molecular formula is C12H14N2O3S. The standard InChI is InChI=1S/C12H14N2O3S/c1-7-12(14-8(2)15)10-6-9(18(16)17-3)4-5-11(10)13-7/h4-6,13H,1-3H3,(H,14,15). The summed E-state index contributed by atoms with van der Waals surface area (Å²) in [6.45, 7) is 3.33. The lowest BCUT2D eigenvalue weighted by Gasteiger charge is -2.03. The monoisotopic (exact) mass is 266 g/mol. The molecule has 1 aromatic carbocycles. The maximum atomic E-state index is 11.6. The van der Waals surface area contributed by atoms with Crippen molar-refractivity contribution in [3.05, 3.63) is 23.9 Å². The molecular weight excluding hydrogens is 252 g/mol. The van der Waals surface area contributed by atoms with Gasteiger partial charge in [0.2, 0.25) is 5.91 Å². The summed E-state index contributed by atoms with van der Waals surface area (Å²) < 4.78 is 16.4. The molecule has 0 saturated carbocycles. The van der Waals surface area contributed by atoms with Gasteiger partial charge in [-0.25, -0.2) is 4.21 Å². The summed E-state index contributed by atoms with van der Waals surface area (Å²) in [5.41, 5.74) is 2.46. The van der Waals surface area contributed by atoms with Gasteiger partial charge in [-0.15, -0.1) is 0 Å². The molecule has 18 heavy (non-hydrogen) atoms. The second-order valence-electron chi connectivity index (χ2n) is 3.91. The number of rotatable bonds is 3. The maximum absolute atomic E-state index is 11.6. The van der Waals surface area contributed by atoms with Crippen LogP contribution in [-0.2, 0) is 20.1 Å². The number of amides is 1. The molecule has 0 saturated heterocycles. The van der Waals surface area contributed by atoms with Crippen molar-refractivity contribution in [1.82, 2.24) is 4.98 Å². The summed E-state index contributed by atoms with van der Waals surface area (Å²) in [6, 6.07) is 5.30. The average molecular weight is 266 g/mol. The Balaban J connectivity index is 2.59. The Morgan fingerprint density at radius 1 is 1.44 bits per heavy atom. The number of hydrogen-bond donors (Lipinski definition) is 2. The predicted octanol–water partition coefficient (Wildman–Crippen LogP) is 2.10. The minimum atomic E-state index is -1.48. The fourth-order valence-corrected chi connectivity index (χ4v) is 2.43. The summed E-state index contributed by atoms with van der Waals surface area (Å²) in [6.07, 6.45) is 0. The Labute approximate surface area is 107 Å². The molecule has 2 N–H and O–H groups in total. The van der Waals surface area contributed by atoms with Gasteiger partial charge in [-0.05, 0) is 25.1 Å². The van der Waals surface area contributed by atoms with Crippen LogP contribution in [0, 0.1) is 6.92 Å². The van der Waals surface area contributed by atoms with E-state index in [1.54, 1.807) is 12.1 Å². The first-order valence-electron chi connectivity index (χ1n) is 5.39. The van der Waals surface area contributed by atoms with Gasteiger partial charge in [-0.2, -0.15) is 0 Å². The van der Waals surface area contributed by atoms with Crippen molar-refractivity contribution in [2.24, 2.45) is 0 Å². The zero-order valence-electron chi connectivity index (χ0n) is 10.4. The van der Waals surface area contributed by atoms with E-state index in [-0.39, 0.29) is 5.91 Å². The molecule has 0 aliphatic rings. The second kappa shape index (κ2) is 4.91. The summed E-state index contributed by atoms with van der Waals surface area (Å²) in [5.74, 6) is -0.141. The molecule has 2 aromatic rings. The molecule has 96 valence electrons. The lowest BCUT2D eigenvalue weighted by Crippen LogP contribution is -2.06. The molecule has 0 spiro atoms. The lowest BCUT2D eigenvalue weighted by atomic mass is 10.2. The van der Waals surface area contributed by atoms with Gasteiger partial charge in [-0.1, -0.05) is 0 Å². The van der Waals surface area contributed by atoms with Crippen molar-refractivity contribution in [1.29, 1.82) is 0 Å². The van der Waals surface area contributed by atoms with Crippen LogP contribution >= 0.6 is 0 Å². The zero-order valence-corrected chi connectivity index (χ0v) is 11.2. The highest BCUT2D eigenvalue weighted by Gasteiger charge is 2.12. The fourth-order valence-electron chi connectivity index (χ4n) is 1.84. The van der Waals surface area contributed by atoms with Gasteiger partial charge in [0.1, 0.15) is 0 Å². The van der Waals surface area contributed by atoms with Gasteiger partial charge in [0.25, 0.3) is 0 Å². The Kier molecular flexibility index (Phi) is 3.49. The van der Waals surface area contributed by atoms with E-state index in [0.717, 1.165) is 16.6 Å². The Bertz CT molecular complexity index is 634. The van der Waals surface area contributed by atoms with Crippen LogP contribution in [-0.4, -0.2) is 22.2 Å². The number of fused-ring (bicyclic) bond motifs is 1. The van der Waals surface area contributed by atoms with Crippen molar-refractivity contribution in [3.63, 3.8) is 0 Å². The minimum Gasteiger partial charge on any atom is -0.357 e. The van der Waals surface area contributed by atoms with Crippen LogP contribution in [0.1, 0.15) is 12.6 Å². The Morgan fingerprint density at radius 2 is 2.17 bits per heavy atom. The van der Waals surface area contributed by atoms with Crippen molar-refractivity contribution >= 4 is 33.6 Å². The summed E-state index contributed by atoms with van der Waals surface area (Å²) in [7, 11) is 1.39. The number of carbonyl (C=O) groups is 1. The first-order chi connectivity index (χ1) is 8.52. The number of aryl methyl sites for hydroxylation is 1. The number of H-pyrrole nitrogens is 1. The van der Waals surface area contributed by atoms with Crippen LogP contribution in [0.3, 0.4) is 0 Å². The smallest absolute Gasteiger partial charge is 0.221 e. The number of aromatic nitrogens is 1. The van der Waals surface area contributed by atoms with Crippen molar-refractivity contribution in [3.8, 4) is 0 Å². The first kappa shape index (κ1) is 12.8. The van der Waals surface area contributed by atoms with E-state index in [2.05, 4.69) is 10.3 Å². The van der Waals surface area contributed by atoms with Crippen molar-refractivity contribution < 1.29 is 13.2 Å². The summed E-state index contributed by atoms with van der Waals surface area (Å²) >= 11 is -1.48. The molecule has 1 amide bonds. The van der Waals surface area contributed by atoms with Crippen LogP contribution < -0.4 is 5.32 Å². The van der Waals surface area contributed by atoms with E-state index >= 15 is 0 Å². The maximum Gasteiger partial charge on any atom is 0.221 e. The fraction of sp³-hybridized carbons (Fsp3) is 0.250. The average Bonchev–Trinajstić information content (AvgIpc) is 2.64.